The zero-order chi connectivity index (χ0) is 17.9. The predicted molar refractivity (Wildman–Crippen MR) is 105 cm³/mol. The Hall–Kier alpha value is -3.27. The number of imidazole rings is 1. The van der Waals surface area contributed by atoms with Crippen LogP contribution >= 0.6 is 0 Å². The number of pyridine rings is 1. The molecule has 2 heterocycles. The summed E-state index contributed by atoms with van der Waals surface area (Å²) in [6.45, 7) is 4.19. The van der Waals surface area contributed by atoms with Crippen LogP contribution in [0.25, 0.3) is 16.9 Å². The molecule has 0 saturated carbocycles. The van der Waals surface area contributed by atoms with Gasteiger partial charge < -0.3 is 0 Å². The Morgan fingerprint density at radius 2 is 1.65 bits per heavy atom. The lowest BCUT2D eigenvalue weighted by molar-refractivity contribution is 1.07. The lowest BCUT2D eigenvalue weighted by Gasteiger charge is -2.02. The molecule has 0 saturated heterocycles. The number of fused-ring (bicyclic) bond motifs is 1. The third kappa shape index (κ3) is 2.90. The highest BCUT2D eigenvalue weighted by Gasteiger charge is 2.15. The predicted octanol–water partition coefficient (Wildman–Crippen LogP) is 6.29. The molecule has 0 aliphatic carbocycles. The van der Waals surface area contributed by atoms with Crippen molar-refractivity contribution in [2.45, 2.75) is 20.3 Å². The molecule has 4 rings (SSSR count). The highest BCUT2D eigenvalue weighted by atomic mass is 15.2. The molecule has 0 aliphatic rings. The van der Waals surface area contributed by atoms with E-state index in [1.54, 1.807) is 0 Å². The molecule has 2 aromatic carbocycles. The molecular weight excluding hydrogens is 320 g/mol. The van der Waals surface area contributed by atoms with Gasteiger partial charge in [0.1, 0.15) is 11.3 Å². The number of hydrogen-bond donors (Lipinski definition) is 0. The normalized spacial score (nSPS) is 11.5. The second-order valence-electron chi connectivity index (χ2n) is 6.22. The summed E-state index contributed by atoms with van der Waals surface area (Å²) < 4.78 is 2.01. The van der Waals surface area contributed by atoms with E-state index in [4.69, 9.17) is 4.98 Å². The third-order valence-corrected chi connectivity index (χ3v) is 4.49. The molecule has 4 nitrogen and oxygen atoms in total. The first-order valence-electron chi connectivity index (χ1n) is 8.80. The summed E-state index contributed by atoms with van der Waals surface area (Å²) in [5.74, 6) is 0.751. The van der Waals surface area contributed by atoms with Crippen molar-refractivity contribution in [3.8, 4) is 11.3 Å². The molecule has 4 aromatic rings. The van der Waals surface area contributed by atoms with Crippen LogP contribution in [0.2, 0.25) is 0 Å². The summed E-state index contributed by atoms with van der Waals surface area (Å²) in [5.41, 5.74) is 5.98. The van der Waals surface area contributed by atoms with Gasteiger partial charge in [-0.1, -0.05) is 61.5 Å². The lowest BCUT2D eigenvalue weighted by Crippen LogP contribution is -1.85. The molecule has 0 radical (unpaired) electrons. The SMILES string of the molecule is CCc1ccccc1N=Nc1c(-c2ccccc2)nc2c(C)cccn12. The first-order chi connectivity index (χ1) is 12.8. The Labute approximate surface area is 152 Å². The first kappa shape index (κ1) is 16.2. The summed E-state index contributed by atoms with van der Waals surface area (Å²) in [7, 11) is 0. The maximum absolute atomic E-state index is 4.85. The third-order valence-electron chi connectivity index (χ3n) is 4.49. The van der Waals surface area contributed by atoms with Crippen molar-refractivity contribution in [2.75, 3.05) is 0 Å². The molecule has 0 fully saturated rings. The number of aryl methyl sites for hydroxylation is 2. The number of aromatic nitrogens is 2. The van der Waals surface area contributed by atoms with Crippen molar-refractivity contribution in [3.63, 3.8) is 0 Å². The number of rotatable bonds is 4. The van der Waals surface area contributed by atoms with Gasteiger partial charge in [-0.25, -0.2) is 4.98 Å². The summed E-state index contributed by atoms with van der Waals surface area (Å²) >= 11 is 0. The van der Waals surface area contributed by atoms with Crippen LogP contribution in [0.3, 0.4) is 0 Å². The molecule has 0 amide bonds. The monoisotopic (exact) mass is 340 g/mol. The van der Waals surface area contributed by atoms with E-state index in [1.165, 1.54) is 5.56 Å². The molecule has 0 aliphatic heterocycles. The van der Waals surface area contributed by atoms with Crippen LogP contribution < -0.4 is 0 Å². The number of hydrogen-bond acceptors (Lipinski definition) is 3. The van der Waals surface area contributed by atoms with Crippen molar-refractivity contribution >= 4 is 17.2 Å². The smallest absolute Gasteiger partial charge is 0.187 e. The lowest BCUT2D eigenvalue weighted by atomic mass is 10.1. The Morgan fingerprint density at radius 1 is 0.885 bits per heavy atom. The van der Waals surface area contributed by atoms with Crippen molar-refractivity contribution in [2.24, 2.45) is 10.2 Å². The van der Waals surface area contributed by atoms with Gasteiger partial charge in [-0.3, -0.25) is 4.40 Å². The number of nitrogens with zero attached hydrogens (tertiary/aromatic N) is 4. The molecule has 0 N–H and O–H groups in total. The van der Waals surface area contributed by atoms with Crippen molar-refractivity contribution < 1.29 is 0 Å². The second kappa shape index (κ2) is 6.92. The Balaban J connectivity index is 1.90. The van der Waals surface area contributed by atoms with Gasteiger partial charge in [0, 0.05) is 11.8 Å². The second-order valence-corrected chi connectivity index (χ2v) is 6.22. The molecule has 4 heteroatoms. The van der Waals surface area contributed by atoms with Gasteiger partial charge in [-0.2, -0.15) is 0 Å². The molecule has 0 unspecified atom stereocenters. The zero-order valence-corrected chi connectivity index (χ0v) is 14.9. The van der Waals surface area contributed by atoms with Gasteiger partial charge in [0.25, 0.3) is 0 Å². The largest absolute Gasteiger partial charge is 0.282 e. The first-order valence-corrected chi connectivity index (χ1v) is 8.80. The van der Waals surface area contributed by atoms with E-state index in [2.05, 4.69) is 48.3 Å². The molecule has 0 bridgehead atoms. The van der Waals surface area contributed by atoms with E-state index in [9.17, 15) is 0 Å². The quantitative estimate of drug-likeness (QED) is 0.403. The molecule has 2 aromatic heterocycles. The van der Waals surface area contributed by atoms with Gasteiger partial charge in [0.2, 0.25) is 0 Å². The average Bonchev–Trinajstić information content (AvgIpc) is 3.07. The van der Waals surface area contributed by atoms with Crippen LogP contribution in [-0.4, -0.2) is 9.38 Å². The average molecular weight is 340 g/mol. The standard InChI is InChI=1S/C22H20N4/c1-3-17-11-7-8-14-19(17)24-25-22-20(18-12-5-4-6-13-18)23-21-16(2)10-9-15-26(21)22/h4-15H,3H2,1-2H3. The van der Waals surface area contributed by atoms with E-state index in [0.717, 1.165) is 40.4 Å². The minimum atomic E-state index is 0.751. The van der Waals surface area contributed by atoms with Crippen LogP contribution in [0, 0.1) is 6.92 Å². The maximum atomic E-state index is 4.85. The van der Waals surface area contributed by atoms with Crippen molar-refractivity contribution in [1.29, 1.82) is 0 Å². The summed E-state index contributed by atoms with van der Waals surface area (Å²) in [5, 5.41) is 9.17. The van der Waals surface area contributed by atoms with Gasteiger partial charge in [-0.05, 0) is 36.6 Å². The van der Waals surface area contributed by atoms with Crippen LogP contribution in [0.1, 0.15) is 18.1 Å². The Morgan fingerprint density at radius 3 is 2.46 bits per heavy atom. The molecule has 0 atom stereocenters. The van der Waals surface area contributed by atoms with Gasteiger partial charge in [0.05, 0.1) is 5.69 Å². The fraction of sp³-hybridized carbons (Fsp3) is 0.136. The minimum Gasteiger partial charge on any atom is -0.282 e. The highest BCUT2D eigenvalue weighted by molar-refractivity contribution is 5.75. The van der Waals surface area contributed by atoms with E-state index in [-0.39, 0.29) is 0 Å². The molecule has 26 heavy (non-hydrogen) atoms. The van der Waals surface area contributed by atoms with Crippen LogP contribution in [0.4, 0.5) is 11.5 Å². The Bertz CT molecular complexity index is 1080. The van der Waals surface area contributed by atoms with E-state index >= 15 is 0 Å². The minimum absolute atomic E-state index is 0.751. The summed E-state index contributed by atoms with van der Waals surface area (Å²) in [6.07, 6.45) is 2.91. The van der Waals surface area contributed by atoms with Crippen LogP contribution in [0.5, 0.6) is 0 Å². The molecular formula is C22H20N4. The van der Waals surface area contributed by atoms with E-state index in [0.29, 0.717) is 0 Å². The fourth-order valence-electron chi connectivity index (χ4n) is 3.09. The van der Waals surface area contributed by atoms with Crippen LogP contribution in [-0.2, 0) is 6.42 Å². The van der Waals surface area contributed by atoms with Crippen molar-refractivity contribution in [1.82, 2.24) is 9.38 Å². The number of benzene rings is 2. The van der Waals surface area contributed by atoms with Gasteiger partial charge >= 0.3 is 0 Å². The summed E-state index contributed by atoms with van der Waals surface area (Å²) in [4.78, 5) is 4.85. The fourth-order valence-corrected chi connectivity index (χ4v) is 3.09. The van der Waals surface area contributed by atoms with Crippen molar-refractivity contribution in [3.05, 3.63) is 84.1 Å². The Kier molecular flexibility index (Phi) is 4.32. The van der Waals surface area contributed by atoms with Gasteiger partial charge in [0.15, 0.2) is 5.82 Å². The number of azo groups is 1. The zero-order valence-electron chi connectivity index (χ0n) is 14.9. The molecule has 0 spiro atoms. The van der Waals surface area contributed by atoms with E-state index in [1.807, 2.05) is 53.1 Å². The topological polar surface area (TPSA) is 42.0 Å². The van der Waals surface area contributed by atoms with Gasteiger partial charge in [-0.15, -0.1) is 10.2 Å². The maximum Gasteiger partial charge on any atom is 0.187 e. The van der Waals surface area contributed by atoms with Crippen LogP contribution in [0.15, 0.2) is 83.2 Å². The molecule has 128 valence electrons. The highest BCUT2D eigenvalue weighted by Crippen LogP contribution is 2.33. The summed E-state index contributed by atoms with van der Waals surface area (Å²) in [6, 6.07) is 22.3. The van der Waals surface area contributed by atoms with E-state index < -0.39 is 0 Å².